The standard InChI is InChI=1S/C18H25N3O/c1-3-22-12-6-11-20-18(19-2)21-14-15-9-10-16-7-4-5-8-17(16)13-15/h4-5,7-10,13H,3,6,11-12,14H2,1-2H3,(H2,19,20,21). The highest BCUT2D eigenvalue weighted by molar-refractivity contribution is 5.83. The van der Waals surface area contributed by atoms with Crippen molar-refractivity contribution in [3.63, 3.8) is 0 Å². The van der Waals surface area contributed by atoms with Crippen molar-refractivity contribution >= 4 is 16.7 Å². The van der Waals surface area contributed by atoms with Gasteiger partial charge in [0.25, 0.3) is 0 Å². The number of aliphatic imine (C=N–C) groups is 1. The topological polar surface area (TPSA) is 45.6 Å². The molecule has 0 aromatic heterocycles. The molecule has 118 valence electrons. The van der Waals surface area contributed by atoms with E-state index in [2.05, 4.69) is 58.1 Å². The van der Waals surface area contributed by atoms with Gasteiger partial charge in [-0.15, -0.1) is 0 Å². The van der Waals surface area contributed by atoms with E-state index < -0.39 is 0 Å². The molecule has 0 amide bonds. The minimum Gasteiger partial charge on any atom is -0.382 e. The summed E-state index contributed by atoms with van der Waals surface area (Å²) in [6.07, 6.45) is 0.977. The zero-order valence-electron chi connectivity index (χ0n) is 13.4. The molecule has 0 radical (unpaired) electrons. The molecular weight excluding hydrogens is 274 g/mol. The Morgan fingerprint density at radius 3 is 2.68 bits per heavy atom. The van der Waals surface area contributed by atoms with Gasteiger partial charge in [0.05, 0.1) is 0 Å². The van der Waals surface area contributed by atoms with E-state index in [9.17, 15) is 0 Å². The lowest BCUT2D eigenvalue weighted by Crippen LogP contribution is -2.37. The van der Waals surface area contributed by atoms with Crippen molar-refractivity contribution in [1.82, 2.24) is 10.6 Å². The van der Waals surface area contributed by atoms with E-state index >= 15 is 0 Å². The second-order valence-electron chi connectivity index (χ2n) is 5.08. The van der Waals surface area contributed by atoms with Crippen LogP contribution in [-0.4, -0.2) is 32.8 Å². The third-order valence-electron chi connectivity index (χ3n) is 3.46. The van der Waals surface area contributed by atoms with Crippen LogP contribution >= 0.6 is 0 Å². The fourth-order valence-corrected chi connectivity index (χ4v) is 2.28. The van der Waals surface area contributed by atoms with Gasteiger partial charge in [0, 0.05) is 33.4 Å². The maximum absolute atomic E-state index is 5.32. The Morgan fingerprint density at radius 1 is 1.09 bits per heavy atom. The van der Waals surface area contributed by atoms with Gasteiger partial charge in [-0.1, -0.05) is 36.4 Å². The largest absolute Gasteiger partial charge is 0.382 e. The van der Waals surface area contributed by atoms with Gasteiger partial charge in [-0.2, -0.15) is 0 Å². The van der Waals surface area contributed by atoms with Crippen molar-refractivity contribution in [2.24, 2.45) is 4.99 Å². The van der Waals surface area contributed by atoms with Crippen LogP contribution in [0.3, 0.4) is 0 Å². The summed E-state index contributed by atoms with van der Waals surface area (Å²) < 4.78 is 5.32. The van der Waals surface area contributed by atoms with Crippen LogP contribution in [0, 0.1) is 0 Å². The summed E-state index contributed by atoms with van der Waals surface area (Å²) in [7, 11) is 1.79. The van der Waals surface area contributed by atoms with Crippen molar-refractivity contribution in [1.29, 1.82) is 0 Å². The molecule has 0 heterocycles. The van der Waals surface area contributed by atoms with Crippen LogP contribution in [0.4, 0.5) is 0 Å². The van der Waals surface area contributed by atoms with Gasteiger partial charge in [-0.05, 0) is 35.7 Å². The summed E-state index contributed by atoms with van der Waals surface area (Å²) in [4.78, 5) is 4.24. The highest BCUT2D eigenvalue weighted by atomic mass is 16.5. The highest BCUT2D eigenvalue weighted by Crippen LogP contribution is 2.15. The monoisotopic (exact) mass is 299 g/mol. The van der Waals surface area contributed by atoms with Gasteiger partial charge in [0.15, 0.2) is 5.96 Å². The Hall–Kier alpha value is -2.07. The van der Waals surface area contributed by atoms with Crippen molar-refractivity contribution in [3.05, 3.63) is 48.0 Å². The first-order valence-electron chi connectivity index (χ1n) is 7.83. The van der Waals surface area contributed by atoms with Crippen LogP contribution in [0.2, 0.25) is 0 Å². The van der Waals surface area contributed by atoms with E-state index in [0.29, 0.717) is 0 Å². The summed E-state index contributed by atoms with van der Waals surface area (Å²) in [6, 6.07) is 14.9. The Bertz CT molecular complexity index is 610. The minimum atomic E-state index is 0.760. The third-order valence-corrected chi connectivity index (χ3v) is 3.46. The van der Waals surface area contributed by atoms with Gasteiger partial charge in [0.1, 0.15) is 0 Å². The first-order valence-corrected chi connectivity index (χ1v) is 7.83. The normalized spacial score (nSPS) is 11.6. The number of nitrogens with one attached hydrogen (secondary N) is 2. The van der Waals surface area contributed by atoms with Gasteiger partial charge in [-0.3, -0.25) is 4.99 Å². The number of ether oxygens (including phenoxy) is 1. The number of fused-ring (bicyclic) bond motifs is 1. The number of hydrogen-bond acceptors (Lipinski definition) is 2. The van der Waals surface area contributed by atoms with E-state index in [-0.39, 0.29) is 0 Å². The number of rotatable bonds is 7. The first-order chi connectivity index (χ1) is 10.8. The molecule has 0 saturated carbocycles. The Kier molecular flexibility index (Phi) is 6.71. The van der Waals surface area contributed by atoms with Crippen LogP contribution in [0.25, 0.3) is 10.8 Å². The molecule has 0 fully saturated rings. The summed E-state index contributed by atoms with van der Waals surface area (Å²) >= 11 is 0. The highest BCUT2D eigenvalue weighted by Gasteiger charge is 1.99. The molecule has 0 aliphatic rings. The zero-order valence-corrected chi connectivity index (χ0v) is 13.4. The average Bonchev–Trinajstić information content (AvgIpc) is 2.57. The number of benzene rings is 2. The van der Waals surface area contributed by atoms with Crippen molar-refractivity contribution in [2.45, 2.75) is 19.9 Å². The molecule has 2 aromatic carbocycles. The molecule has 0 atom stereocenters. The molecule has 4 heteroatoms. The molecule has 0 unspecified atom stereocenters. The predicted molar refractivity (Wildman–Crippen MR) is 93.3 cm³/mol. The lowest BCUT2D eigenvalue weighted by Gasteiger charge is -2.12. The first kappa shape index (κ1) is 16.3. The molecule has 22 heavy (non-hydrogen) atoms. The molecule has 2 N–H and O–H groups in total. The molecule has 0 bridgehead atoms. The molecular formula is C18H25N3O. The third kappa shape index (κ3) is 5.04. The maximum atomic E-state index is 5.32. The second kappa shape index (κ2) is 9.05. The van der Waals surface area contributed by atoms with Crippen molar-refractivity contribution in [3.8, 4) is 0 Å². The van der Waals surface area contributed by atoms with Crippen LogP contribution in [0.5, 0.6) is 0 Å². The lowest BCUT2D eigenvalue weighted by molar-refractivity contribution is 0.145. The second-order valence-corrected chi connectivity index (χ2v) is 5.08. The Balaban J connectivity index is 1.81. The minimum absolute atomic E-state index is 0.760. The number of guanidine groups is 1. The summed E-state index contributed by atoms with van der Waals surface area (Å²) in [5.74, 6) is 0.824. The van der Waals surface area contributed by atoms with Gasteiger partial charge < -0.3 is 15.4 Å². The van der Waals surface area contributed by atoms with Gasteiger partial charge >= 0.3 is 0 Å². The fourth-order valence-electron chi connectivity index (χ4n) is 2.28. The Morgan fingerprint density at radius 2 is 1.91 bits per heavy atom. The van der Waals surface area contributed by atoms with E-state index in [1.54, 1.807) is 7.05 Å². The van der Waals surface area contributed by atoms with Crippen LogP contribution in [0.15, 0.2) is 47.5 Å². The smallest absolute Gasteiger partial charge is 0.191 e. The van der Waals surface area contributed by atoms with Crippen molar-refractivity contribution < 1.29 is 4.74 Å². The molecule has 2 aromatic rings. The average molecular weight is 299 g/mol. The molecule has 4 nitrogen and oxygen atoms in total. The molecule has 0 saturated heterocycles. The molecule has 2 rings (SSSR count). The maximum Gasteiger partial charge on any atom is 0.191 e. The van der Waals surface area contributed by atoms with Gasteiger partial charge in [0.2, 0.25) is 0 Å². The molecule has 0 aliphatic carbocycles. The summed E-state index contributed by atoms with van der Waals surface area (Å²) in [5, 5.41) is 9.17. The van der Waals surface area contributed by atoms with Crippen LogP contribution in [0.1, 0.15) is 18.9 Å². The van der Waals surface area contributed by atoms with Crippen LogP contribution in [-0.2, 0) is 11.3 Å². The summed E-state index contributed by atoms with van der Waals surface area (Å²) in [5.41, 5.74) is 1.25. The Labute approximate surface area is 132 Å². The van der Waals surface area contributed by atoms with Gasteiger partial charge in [-0.25, -0.2) is 0 Å². The van der Waals surface area contributed by atoms with E-state index in [4.69, 9.17) is 4.74 Å². The number of nitrogens with zero attached hydrogens (tertiary/aromatic N) is 1. The van der Waals surface area contributed by atoms with E-state index in [1.165, 1.54) is 16.3 Å². The quantitative estimate of drug-likeness (QED) is 0.469. The number of hydrogen-bond donors (Lipinski definition) is 2. The molecule has 0 spiro atoms. The summed E-state index contributed by atoms with van der Waals surface area (Å²) in [6.45, 7) is 5.19. The van der Waals surface area contributed by atoms with E-state index in [1.807, 2.05) is 6.92 Å². The predicted octanol–water partition coefficient (Wildman–Crippen LogP) is 2.93. The van der Waals surface area contributed by atoms with E-state index in [0.717, 1.165) is 38.7 Å². The molecule has 0 aliphatic heterocycles. The van der Waals surface area contributed by atoms with Crippen LogP contribution < -0.4 is 10.6 Å². The SMILES string of the molecule is CCOCCCNC(=NC)NCc1ccc2ccccc2c1. The fraction of sp³-hybridized carbons (Fsp3) is 0.389. The zero-order chi connectivity index (χ0) is 15.6. The van der Waals surface area contributed by atoms with Crippen molar-refractivity contribution in [2.75, 3.05) is 26.8 Å². The lowest BCUT2D eigenvalue weighted by atomic mass is 10.1.